The molecule has 2 heterocycles. The highest BCUT2D eigenvalue weighted by atomic mass is 127. The summed E-state index contributed by atoms with van der Waals surface area (Å²) in [5.41, 5.74) is 0.941. The Hall–Kier alpha value is -1.30. The molecule has 1 aliphatic heterocycles. The maximum Gasteiger partial charge on any atom is 0.390 e. The summed E-state index contributed by atoms with van der Waals surface area (Å²) in [6, 6.07) is 3.94. The van der Waals surface area contributed by atoms with E-state index >= 15 is 0 Å². The molecule has 0 unspecified atom stereocenters. The van der Waals surface area contributed by atoms with Crippen molar-refractivity contribution < 1.29 is 13.2 Å². The first-order valence-corrected chi connectivity index (χ1v) is 8.27. The topological polar surface area (TPSA) is 55.8 Å². The lowest BCUT2D eigenvalue weighted by atomic mass is 10.2. The first-order chi connectivity index (χ1) is 11.9. The molecule has 148 valence electrons. The third-order valence-electron chi connectivity index (χ3n) is 4.02. The van der Waals surface area contributed by atoms with Crippen LogP contribution in [-0.4, -0.2) is 68.8 Å². The van der Waals surface area contributed by atoms with E-state index in [4.69, 9.17) is 0 Å². The third kappa shape index (κ3) is 7.94. The predicted octanol–water partition coefficient (Wildman–Crippen LogP) is 2.07. The number of nitrogens with one attached hydrogen (secondary N) is 2. The van der Waals surface area contributed by atoms with Crippen molar-refractivity contribution in [1.82, 2.24) is 20.5 Å². The molecular formula is C16H26F3IN6. The van der Waals surface area contributed by atoms with Gasteiger partial charge in [0.15, 0.2) is 5.96 Å². The molecule has 0 amide bonds. The van der Waals surface area contributed by atoms with Crippen LogP contribution in [0, 0.1) is 0 Å². The van der Waals surface area contributed by atoms with Gasteiger partial charge >= 0.3 is 6.18 Å². The van der Waals surface area contributed by atoms with Crippen LogP contribution in [0.3, 0.4) is 0 Å². The second-order valence-corrected chi connectivity index (χ2v) is 6.03. The number of anilines is 1. The van der Waals surface area contributed by atoms with Crippen molar-refractivity contribution >= 4 is 35.8 Å². The normalized spacial score (nSPS) is 16.2. The van der Waals surface area contributed by atoms with Crippen LogP contribution in [-0.2, 0) is 6.54 Å². The molecule has 6 nitrogen and oxygen atoms in total. The zero-order chi connectivity index (χ0) is 18.3. The second-order valence-electron chi connectivity index (χ2n) is 6.03. The van der Waals surface area contributed by atoms with E-state index in [0.717, 1.165) is 37.6 Å². The molecule has 10 heteroatoms. The zero-order valence-corrected chi connectivity index (χ0v) is 17.3. The zero-order valence-electron chi connectivity index (χ0n) is 15.0. The highest BCUT2D eigenvalue weighted by Crippen LogP contribution is 2.18. The number of nitrogens with zero attached hydrogens (tertiary/aromatic N) is 4. The standard InChI is InChI=1S/C16H25F3N6.HI/c1-20-15(21-6-5-16(17,18)19)23-12-13-3-4-14(22-11-13)25-9-7-24(2)8-10-25;/h3-4,11H,5-10,12H2,1-2H3,(H2,20,21,23);1H. The van der Waals surface area contributed by atoms with Crippen molar-refractivity contribution in [3.05, 3.63) is 23.9 Å². The maximum absolute atomic E-state index is 12.2. The molecule has 2 N–H and O–H groups in total. The Morgan fingerprint density at radius 1 is 1.19 bits per heavy atom. The number of guanidine groups is 1. The Balaban J connectivity index is 0.00000338. The molecule has 0 saturated carbocycles. The fourth-order valence-electron chi connectivity index (χ4n) is 2.47. The highest BCUT2D eigenvalue weighted by Gasteiger charge is 2.26. The SMILES string of the molecule is CN=C(NCCC(F)(F)F)NCc1ccc(N2CCN(C)CC2)nc1.I. The Labute approximate surface area is 169 Å². The molecule has 2 rings (SSSR count). The summed E-state index contributed by atoms with van der Waals surface area (Å²) in [7, 11) is 3.63. The van der Waals surface area contributed by atoms with Gasteiger partial charge in [-0.05, 0) is 18.7 Å². The molecule has 1 aliphatic rings. The number of pyridine rings is 1. The Kier molecular flexibility index (Phi) is 9.41. The van der Waals surface area contributed by atoms with Gasteiger partial charge in [-0.1, -0.05) is 6.07 Å². The van der Waals surface area contributed by atoms with Crippen LogP contribution in [0.15, 0.2) is 23.3 Å². The summed E-state index contributed by atoms with van der Waals surface area (Å²) in [6.07, 6.45) is -3.28. The van der Waals surface area contributed by atoms with Crippen molar-refractivity contribution in [3.8, 4) is 0 Å². The van der Waals surface area contributed by atoms with Gasteiger partial charge in [0, 0.05) is 52.5 Å². The van der Waals surface area contributed by atoms with Crippen molar-refractivity contribution in [3.63, 3.8) is 0 Å². The lowest BCUT2D eigenvalue weighted by Gasteiger charge is -2.33. The molecule has 0 atom stereocenters. The Morgan fingerprint density at radius 3 is 2.42 bits per heavy atom. The Morgan fingerprint density at radius 2 is 1.88 bits per heavy atom. The summed E-state index contributed by atoms with van der Waals surface area (Å²) in [4.78, 5) is 12.9. The highest BCUT2D eigenvalue weighted by molar-refractivity contribution is 14.0. The van der Waals surface area contributed by atoms with Crippen LogP contribution in [0.2, 0.25) is 0 Å². The number of likely N-dealkylation sites (N-methyl/N-ethyl adjacent to an activating group) is 1. The summed E-state index contributed by atoms with van der Waals surface area (Å²) in [5.74, 6) is 1.29. The summed E-state index contributed by atoms with van der Waals surface area (Å²) in [6.45, 7) is 4.19. The van der Waals surface area contributed by atoms with Gasteiger partial charge in [0.25, 0.3) is 0 Å². The largest absolute Gasteiger partial charge is 0.390 e. The number of hydrogen-bond donors (Lipinski definition) is 2. The number of aliphatic imine (C=N–C) groups is 1. The molecule has 1 aromatic rings. The van der Waals surface area contributed by atoms with E-state index in [1.165, 1.54) is 7.05 Å². The van der Waals surface area contributed by atoms with Crippen molar-refractivity contribution in [2.75, 3.05) is 51.7 Å². The molecule has 0 aromatic carbocycles. The van der Waals surface area contributed by atoms with Crippen molar-refractivity contribution in [2.24, 2.45) is 4.99 Å². The molecule has 1 aromatic heterocycles. The lowest BCUT2D eigenvalue weighted by molar-refractivity contribution is -0.132. The smallest absolute Gasteiger partial charge is 0.356 e. The number of hydrogen-bond acceptors (Lipinski definition) is 4. The van der Waals surface area contributed by atoms with E-state index in [0.29, 0.717) is 12.5 Å². The first-order valence-electron chi connectivity index (χ1n) is 8.27. The van der Waals surface area contributed by atoms with Gasteiger partial charge in [-0.3, -0.25) is 4.99 Å². The average Bonchev–Trinajstić information content (AvgIpc) is 2.58. The summed E-state index contributed by atoms with van der Waals surface area (Å²) in [5, 5.41) is 5.64. The van der Waals surface area contributed by atoms with Crippen LogP contribution >= 0.6 is 24.0 Å². The van der Waals surface area contributed by atoms with Crippen molar-refractivity contribution in [2.45, 2.75) is 19.1 Å². The van der Waals surface area contributed by atoms with E-state index in [1.807, 2.05) is 12.1 Å². The van der Waals surface area contributed by atoms with Gasteiger partial charge < -0.3 is 20.4 Å². The molecule has 26 heavy (non-hydrogen) atoms. The number of aromatic nitrogens is 1. The van der Waals surface area contributed by atoms with Crippen LogP contribution < -0.4 is 15.5 Å². The fourth-order valence-corrected chi connectivity index (χ4v) is 2.47. The molecule has 1 fully saturated rings. The number of halogens is 4. The number of rotatable bonds is 5. The fraction of sp³-hybridized carbons (Fsp3) is 0.625. The lowest BCUT2D eigenvalue weighted by Crippen LogP contribution is -2.44. The van der Waals surface area contributed by atoms with Gasteiger partial charge in [-0.15, -0.1) is 24.0 Å². The summed E-state index contributed by atoms with van der Waals surface area (Å²) < 4.78 is 36.5. The number of alkyl halides is 3. The van der Waals surface area contributed by atoms with Gasteiger partial charge in [0.2, 0.25) is 0 Å². The third-order valence-corrected chi connectivity index (χ3v) is 4.02. The van der Waals surface area contributed by atoms with E-state index in [1.54, 1.807) is 6.20 Å². The predicted molar refractivity (Wildman–Crippen MR) is 108 cm³/mol. The van der Waals surface area contributed by atoms with Crippen LogP contribution in [0.4, 0.5) is 19.0 Å². The van der Waals surface area contributed by atoms with E-state index < -0.39 is 12.6 Å². The molecule has 0 bridgehead atoms. The first kappa shape index (κ1) is 22.7. The molecule has 0 spiro atoms. The average molecular weight is 486 g/mol. The summed E-state index contributed by atoms with van der Waals surface area (Å²) >= 11 is 0. The Bertz CT molecular complexity index is 556. The monoisotopic (exact) mass is 486 g/mol. The van der Waals surface area contributed by atoms with E-state index in [-0.39, 0.29) is 30.5 Å². The van der Waals surface area contributed by atoms with E-state index in [2.05, 4.69) is 37.5 Å². The van der Waals surface area contributed by atoms with Gasteiger partial charge in [0.1, 0.15) is 5.82 Å². The minimum absolute atomic E-state index is 0. The van der Waals surface area contributed by atoms with E-state index in [9.17, 15) is 13.2 Å². The molecule has 0 aliphatic carbocycles. The maximum atomic E-state index is 12.2. The minimum atomic E-state index is -4.17. The quantitative estimate of drug-likeness (QED) is 0.380. The van der Waals surface area contributed by atoms with Crippen LogP contribution in [0.25, 0.3) is 0 Å². The van der Waals surface area contributed by atoms with Gasteiger partial charge in [0.05, 0.1) is 6.42 Å². The van der Waals surface area contributed by atoms with Gasteiger partial charge in [-0.25, -0.2) is 4.98 Å². The van der Waals surface area contributed by atoms with Crippen LogP contribution in [0.5, 0.6) is 0 Å². The molecule has 0 radical (unpaired) electrons. The molecule has 1 saturated heterocycles. The van der Waals surface area contributed by atoms with Gasteiger partial charge in [-0.2, -0.15) is 13.2 Å². The number of piperazine rings is 1. The van der Waals surface area contributed by atoms with Crippen LogP contribution in [0.1, 0.15) is 12.0 Å². The van der Waals surface area contributed by atoms with Crippen molar-refractivity contribution in [1.29, 1.82) is 0 Å². The minimum Gasteiger partial charge on any atom is -0.356 e. The molecular weight excluding hydrogens is 460 g/mol. The second kappa shape index (κ2) is 10.8.